The summed E-state index contributed by atoms with van der Waals surface area (Å²) >= 11 is 2.12. The molecule has 1 aliphatic rings. The second-order valence-corrected chi connectivity index (χ2v) is 8.07. The molecule has 0 saturated heterocycles. The lowest BCUT2D eigenvalue weighted by molar-refractivity contribution is -0.120. The SMILES string of the molecule is O=C(NNC(=O)c1cccc(I)c1)c1ccc(NC(=O)C2CCCCC2)cc1. The van der Waals surface area contributed by atoms with Crippen molar-refractivity contribution in [2.45, 2.75) is 32.1 Å². The lowest BCUT2D eigenvalue weighted by Crippen LogP contribution is -2.41. The normalized spacial score (nSPS) is 14.2. The number of nitrogens with one attached hydrogen (secondary N) is 3. The van der Waals surface area contributed by atoms with Crippen LogP contribution in [0.2, 0.25) is 0 Å². The first kappa shape index (κ1) is 20.3. The highest BCUT2D eigenvalue weighted by atomic mass is 127. The lowest BCUT2D eigenvalue weighted by Gasteiger charge is -2.20. The molecule has 0 radical (unpaired) electrons. The van der Waals surface area contributed by atoms with Crippen LogP contribution in [0.5, 0.6) is 0 Å². The van der Waals surface area contributed by atoms with Crippen LogP contribution in [0.15, 0.2) is 48.5 Å². The van der Waals surface area contributed by atoms with Crippen molar-refractivity contribution in [3.63, 3.8) is 0 Å². The first-order valence-electron chi connectivity index (χ1n) is 9.30. The van der Waals surface area contributed by atoms with E-state index in [1.165, 1.54) is 6.42 Å². The largest absolute Gasteiger partial charge is 0.326 e. The van der Waals surface area contributed by atoms with Gasteiger partial charge in [0.15, 0.2) is 0 Å². The van der Waals surface area contributed by atoms with Crippen LogP contribution in [0, 0.1) is 9.49 Å². The lowest BCUT2D eigenvalue weighted by atomic mass is 9.88. The van der Waals surface area contributed by atoms with Crippen LogP contribution in [0.4, 0.5) is 5.69 Å². The molecule has 6 nitrogen and oxygen atoms in total. The van der Waals surface area contributed by atoms with Crippen molar-refractivity contribution >= 4 is 46.0 Å². The molecule has 1 aliphatic carbocycles. The van der Waals surface area contributed by atoms with Crippen LogP contribution < -0.4 is 16.2 Å². The maximum atomic E-state index is 12.3. The number of carbonyl (C=O) groups is 3. The average molecular weight is 491 g/mol. The summed E-state index contributed by atoms with van der Waals surface area (Å²) in [6.07, 6.45) is 5.28. The Kier molecular flexibility index (Phi) is 7.02. The van der Waals surface area contributed by atoms with Gasteiger partial charge in [0.2, 0.25) is 5.91 Å². The molecule has 1 saturated carbocycles. The zero-order valence-electron chi connectivity index (χ0n) is 15.3. The molecule has 2 aromatic carbocycles. The number of benzene rings is 2. The second kappa shape index (κ2) is 9.68. The number of amides is 3. The van der Waals surface area contributed by atoms with Crippen molar-refractivity contribution in [1.29, 1.82) is 0 Å². The molecule has 3 N–H and O–H groups in total. The van der Waals surface area contributed by atoms with Gasteiger partial charge in [0.05, 0.1) is 0 Å². The van der Waals surface area contributed by atoms with E-state index in [9.17, 15) is 14.4 Å². The summed E-state index contributed by atoms with van der Waals surface area (Å²) in [4.78, 5) is 36.6. The highest BCUT2D eigenvalue weighted by Crippen LogP contribution is 2.25. The molecule has 0 heterocycles. The van der Waals surface area contributed by atoms with Gasteiger partial charge in [0, 0.05) is 26.3 Å². The summed E-state index contributed by atoms with van der Waals surface area (Å²) in [7, 11) is 0. The minimum absolute atomic E-state index is 0.0432. The van der Waals surface area contributed by atoms with Crippen LogP contribution in [-0.4, -0.2) is 17.7 Å². The summed E-state index contributed by atoms with van der Waals surface area (Å²) in [5.74, 6) is -0.693. The molecule has 0 unspecified atom stereocenters. The van der Waals surface area contributed by atoms with Gasteiger partial charge in [-0.05, 0) is 77.9 Å². The van der Waals surface area contributed by atoms with E-state index >= 15 is 0 Å². The van der Waals surface area contributed by atoms with Gasteiger partial charge in [-0.3, -0.25) is 25.2 Å². The molecular formula is C21H22IN3O3. The number of anilines is 1. The number of halogens is 1. The Morgan fingerprint density at radius 2 is 1.46 bits per heavy atom. The second-order valence-electron chi connectivity index (χ2n) is 6.82. The summed E-state index contributed by atoms with van der Waals surface area (Å²) in [5.41, 5.74) is 6.32. The van der Waals surface area contributed by atoms with E-state index in [2.05, 4.69) is 38.8 Å². The molecule has 3 rings (SSSR count). The number of hydrazine groups is 1. The smallest absolute Gasteiger partial charge is 0.269 e. The highest BCUT2D eigenvalue weighted by Gasteiger charge is 2.21. The predicted molar refractivity (Wildman–Crippen MR) is 116 cm³/mol. The molecular weight excluding hydrogens is 469 g/mol. The molecule has 0 aliphatic heterocycles. The average Bonchev–Trinajstić information content (AvgIpc) is 2.73. The topological polar surface area (TPSA) is 87.3 Å². The van der Waals surface area contributed by atoms with Gasteiger partial charge in [-0.25, -0.2) is 0 Å². The monoisotopic (exact) mass is 491 g/mol. The Balaban J connectivity index is 1.51. The fourth-order valence-corrected chi connectivity index (χ4v) is 3.74. The van der Waals surface area contributed by atoms with Crippen LogP contribution in [0.3, 0.4) is 0 Å². The summed E-state index contributed by atoms with van der Waals surface area (Å²) < 4.78 is 0.933. The van der Waals surface area contributed by atoms with E-state index in [-0.39, 0.29) is 17.7 Å². The van der Waals surface area contributed by atoms with E-state index in [0.29, 0.717) is 16.8 Å². The highest BCUT2D eigenvalue weighted by molar-refractivity contribution is 14.1. The molecule has 0 bridgehead atoms. The van der Waals surface area contributed by atoms with Gasteiger partial charge in [-0.15, -0.1) is 0 Å². The van der Waals surface area contributed by atoms with Gasteiger partial charge in [0.1, 0.15) is 0 Å². The molecule has 0 spiro atoms. The first-order valence-corrected chi connectivity index (χ1v) is 10.4. The van der Waals surface area contributed by atoms with Crippen LogP contribution >= 0.6 is 22.6 Å². The van der Waals surface area contributed by atoms with Gasteiger partial charge in [-0.2, -0.15) is 0 Å². The first-order chi connectivity index (χ1) is 13.5. The van der Waals surface area contributed by atoms with E-state index in [0.717, 1.165) is 29.3 Å². The number of hydrogen-bond donors (Lipinski definition) is 3. The van der Waals surface area contributed by atoms with E-state index in [1.54, 1.807) is 42.5 Å². The Labute approximate surface area is 177 Å². The van der Waals surface area contributed by atoms with Gasteiger partial charge in [-0.1, -0.05) is 25.3 Å². The van der Waals surface area contributed by atoms with Crippen molar-refractivity contribution in [1.82, 2.24) is 10.9 Å². The fourth-order valence-electron chi connectivity index (χ4n) is 3.20. The van der Waals surface area contributed by atoms with Crippen LogP contribution in [0.25, 0.3) is 0 Å². The van der Waals surface area contributed by atoms with Crippen LogP contribution in [0.1, 0.15) is 52.8 Å². The van der Waals surface area contributed by atoms with Crippen molar-refractivity contribution in [3.05, 3.63) is 63.2 Å². The number of carbonyl (C=O) groups excluding carboxylic acids is 3. The minimum atomic E-state index is -0.427. The summed E-state index contributed by atoms with van der Waals surface area (Å²) in [6, 6.07) is 13.7. The molecule has 2 aromatic rings. The Morgan fingerprint density at radius 3 is 2.11 bits per heavy atom. The molecule has 3 amide bonds. The standard InChI is InChI=1S/C21H22IN3O3/c22-17-8-4-7-16(13-17)21(28)25-24-20(27)15-9-11-18(12-10-15)23-19(26)14-5-2-1-3-6-14/h4,7-14H,1-3,5-6H2,(H,23,26)(H,24,27)(H,25,28). The molecule has 7 heteroatoms. The maximum absolute atomic E-state index is 12.3. The predicted octanol–water partition coefficient (Wildman–Crippen LogP) is 3.88. The Bertz CT molecular complexity index is 861. The summed E-state index contributed by atoms with van der Waals surface area (Å²) in [6.45, 7) is 0. The van der Waals surface area contributed by atoms with E-state index in [1.807, 2.05) is 6.07 Å². The Morgan fingerprint density at radius 1 is 0.821 bits per heavy atom. The van der Waals surface area contributed by atoms with Gasteiger partial charge < -0.3 is 5.32 Å². The van der Waals surface area contributed by atoms with Gasteiger partial charge >= 0.3 is 0 Å². The quantitative estimate of drug-likeness (QED) is 0.448. The zero-order valence-corrected chi connectivity index (χ0v) is 17.5. The van der Waals surface area contributed by atoms with Crippen molar-refractivity contribution in [2.24, 2.45) is 5.92 Å². The molecule has 146 valence electrons. The fraction of sp³-hybridized carbons (Fsp3) is 0.286. The minimum Gasteiger partial charge on any atom is -0.326 e. The number of hydrogen-bond acceptors (Lipinski definition) is 3. The van der Waals surface area contributed by atoms with Crippen molar-refractivity contribution in [2.75, 3.05) is 5.32 Å². The molecule has 0 atom stereocenters. The van der Waals surface area contributed by atoms with E-state index in [4.69, 9.17) is 0 Å². The van der Waals surface area contributed by atoms with Crippen molar-refractivity contribution < 1.29 is 14.4 Å². The third kappa shape index (κ3) is 5.54. The van der Waals surface area contributed by atoms with Crippen molar-refractivity contribution in [3.8, 4) is 0 Å². The third-order valence-corrected chi connectivity index (χ3v) is 5.44. The molecule has 1 fully saturated rings. The van der Waals surface area contributed by atoms with E-state index < -0.39 is 5.91 Å². The third-order valence-electron chi connectivity index (χ3n) is 4.77. The van der Waals surface area contributed by atoms with Crippen LogP contribution in [-0.2, 0) is 4.79 Å². The molecule has 28 heavy (non-hydrogen) atoms. The summed E-state index contributed by atoms with van der Waals surface area (Å²) in [5, 5.41) is 2.91. The Hall–Kier alpha value is -2.42. The number of rotatable bonds is 4. The van der Waals surface area contributed by atoms with Gasteiger partial charge in [0.25, 0.3) is 11.8 Å². The maximum Gasteiger partial charge on any atom is 0.269 e. The molecule has 0 aromatic heterocycles. The zero-order chi connectivity index (χ0) is 19.9.